The number of hydrogen-bond donors (Lipinski definition) is 2. The molecule has 5 nitrogen and oxygen atoms in total. The second kappa shape index (κ2) is 7.78. The first-order chi connectivity index (χ1) is 12.5. The number of rotatable bonds is 5. The fraction of sp³-hybridized carbons (Fsp3) is 0.190. The molecule has 3 rings (SSSR count). The van der Waals surface area contributed by atoms with E-state index in [1.807, 2.05) is 55.5 Å². The maximum absolute atomic E-state index is 12.6. The highest BCUT2D eigenvalue weighted by Crippen LogP contribution is 2.18. The average Bonchev–Trinajstić information content (AvgIpc) is 2.62. The van der Waals surface area contributed by atoms with Crippen molar-refractivity contribution in [3.8, 4) is 0 Å². The maximum atomic E-state index is 12.6. The van der Waals surface area contributed by atoms with E-state index < -0.39 is 0 Å². The summed E-state index contributed by atoms with van der Waals surface area (Å²) in [5.74, 6) is 0.871. The number of aryl methyl sites for hydroxylation is 3. The highest BCUT2D eigenvalue weighted by molar-refractivity contribution is 6.03. The SMILES string of the molecule is CCc1ccc(NC(=O)c2cc(Nc3cccc(C)c3)nc(C)n2)cc1. The third-order valence-corrected chi connectivity index (χ3v) is 3.98. The van der Waals surface area contributed by atoms with Gasteiger partial charge in [0.15, 0.2) is 0 Å². The molecule has 132 valence electrons. The zero-order valence-corrected chi connectivity index (χ0v) is 15.2. The molecule has 1 heterocycles. The van der Waals surface area contributed by atoms with Crippen LogP contribution in [0.15, 0.2) is 54.6 Å². The molecule has 0 unspecified atom stereocenters. The second-order valence-corrected chi connectivity index (χ2v) is 6.18. The fourth-order valence-corrected chi connectivity index (χ4v) is 2.64. The Morgan fingerprint density at radius 2 is 1.73 bits per heavy atom. The van der Waals surface area contributed by atoms with Crippen molar-refractivity contribution in [2.45, 2.75) is 27.2 Å². The van der Waals surface area contributed by atoms with Gasteiger partial charge in [0.1, 0.15) is 17.3 Å². The largest absolute Gasteiger partial charge is 0.340 e. The topological polar surface area (TPSA) is 66.9 Å². The van der Waals surface area contributed by atoms with E-state index in [0.717, 1.165) is 23.4 Å². The van der Waals surface area contributed by atoms with Crippen molar-refractivity contribution in [1.82, 2.24) is 9.97 Å². The summed E-state index contributed by atoms with van der Waals surface area (Å²) in [6, 6.07) is 17.4. The predicted octanol–water partition coefficient (Wildman–Crippen LogP) is 4.65. The van der Waals surface area contributed by atoms with Crippen molar-refractivity contribution >= 4 is 23.1 Å². The molecule has 0 saturated heterocycles. The zero-order valence-electron chi connectivity index (χ0n) is 15.2. The van der Waals surface area contributed by atoms with E-state index in [9.17, 15) is 4.79 Å². The molecule has 0 fully saturated rings. The van der Waals surface area contributed by atoms with Crippen LogP contribution in [0.1, 0.15) is 34.4 Å². The van der Waals surface area contributed by atoms with Crippen LogP contribution in [0.5, 0.6) is 0 Å². The van der Waals surface area contributed by atoms with Crippen LogP contribution >= 0.6 is 0 Å². The highest BCUT2D eigenvalue weighted by Gasteiger charge is 2.11. The number of benzene rings is 2. The summed E-state index contributed by atoms with van der Waals surface area (Å²) in [6.07, 6.45) is 0.966. The fourth-order valence-electron chi connectivity index (χ4n) is 2.64. The summed E-state index contributed by atoms with van der Waals surface area (Å²) in [5.41, 5.74) is 4.37. The zero-order chi connectivity index (χ0) is 18.5. The van der Waals surface area contributed by atoms with E-state index in [1.165, 1.54) is 5.56 Å². The van der Waals surface area contributed by atoms with Crippen LogP contribution in [0, 0.1) is 13.8 Å². The summed E-state index contributed by atoms with van der Waals surface area (Å²) in [5, 5.41) is 6.11. The predicted molar refractivity (Wildman–Crippen MR) is 105 cm³/mol. The van der Waals surface area contributed by atoms with Crippen molar-refractivity contribution in [2.75, 3.05) is 10.6 Å². The number of carbonyl (C=O) groups is 1. The lowest BCUT2D eigenvalue weighted by atomic mass is 10.1. The lowest BCUT2D eigenvalue weighted by Gasteiger charge is -2.10. The lowest BCUT2D eigenvalue weighted by Crippen LogP contribution is -2.15. The molecule has 1 aromatic heterocycles. The molecule has 5 heteroatoms. The molecular formula is C21H22N4O. The Balaban J connectivity index is 1.78. The number of anilines is 3. The van der Waals surface area contributed by atoms with Crippen LogP contribution in [0.2, 0.25) is 0 Å². The van der Waals surface area contributed by atoms with Gasteiger partial charge in [-0.2, -0.15) is 0 Å². The maximum Gasteiger partial charge on any atom is 0.274 e. The Morgan fingerprint density at radius 1 is 0.962 bits per heavy atom. The van der Waals surface area contributed by atoms with E-state index in [-0.39, 0.29) is 5.91 Å². The first-order valence-corrected chi connectivity index (χ1v) is 8.63. The molecule has 0 aliphatic heterocycles. The standard InChI is InChI=1S/C21H22N4O/c1-4-16-8-10-17(11-9-16)25-21(26)19-13-20(23-15(3)22-19)24-18-7-5-6-14(2)12-18/h5-13H,4H2,1-3H3,(H,25,26)(H,22,23,24). The Labute approximate surface area is 153 Å². The van der Waals surface area contributed by atoms with E-state index in [2.05, 4.69) is 27.5 Å². The van der Waals surface area contributed by atoms with Crippen LogP contribution in [0.25, 0.3) is 0 Å². The molecule has 2 N–H and O–H groups in total. The van der Waals surface area contributed by atoms with Crippen molar-refractivity contribution in [3.05, 3.63) is 77.2 Å². The van der Waals surface area contributed by atoms with Crippen molar-refractivity contribution in [3.63, 3.8) is 0 Å². The van der Waals surface area contributed by atoms with E-state index in [4.69, 9.17) is 0 Å². The van der Waals surface area contributed by atoms with Crippen molar-refractivity contribution in [1.29, 1.82) is 0 Å². The number of carbonyl (C=O) groups excluding carboxylic acids is 1. The van der Waals surface area contributed by atoms with Crippen molar-refractivity contribution < 1.29 is 4.79 Å². The van der Waals surface area contributed by atoms with Gasteiger partial charge in [-0.15, -0.1) is 0 Å². The number of hydrogen-bond acceptors (Lipinski definition) is 4. The summed E-state index contributed by atoms with van der Waals surface area (Å²) in [6.45, 7) is 5.90. The Hall–Kier alpha value is -3.21. The lowest BCUT2D eigenvalue weighted by molar-refractivity contribution is 0.102. The molecule has 0 radical (unpaired) electrons. The van der Waals surface area contributed by atoms with Gasteiger partial charge in [0.25, 0.3) is 5.91 Å². The van der Waals surface area contributed by atoms with Gasteiger partial charge in [-0.05, 0) is 55.7 Å². The molecule has 0 bridgehead atoms. The highest BCUT2D eigenvalue weighted by atomic mass is 16.1. The van der Waals surface area contributed by atoms with E-state index >= 15 is 0 Å². The minimum Gasteiger partial charge on any atom is -0.340 e. The van der Waals surface area contributed by atoms with Crippen LogP contribution < -0.4 is 10.6 Å². The number of amides is 1. The van der Waals surface area contributed by atoms with E-state index in [0.29, 0.717) is 17.3 Å². The van der Waals surface area contributed by atoms with Crippen molar-refractivity contribution in [2.24, 2.45) is 0 Å². The Kier molecular flexibility index (Phi) is 5.27. The first kappa shape index (κ1) is 17.6. The van der Waals surface area contributed by atoms with Crippen LogP contribution in [-0.4, -0.2) is 15.9 Å². The average molecular weight is 346 g/mol. The number of aromatic nitrogens is 2. The van der Waals surface area contributed by atoms with Gasteiger partial charge in [0.05, 0.1) is 0 Å². The molecule has 26 heavy (non-hydrogen) atoms. The van der Waals surface area contributed by atoms with Gasteiger partial charge < -0.3 is 10.6 Å². The monoisotopic (exact) mass is 346 g/mol. The summed E-state index contributed by atoms with van der Waals surface area (Å²) < 4.78 is 0. The quantitative estimate of drug-likeness (QED) is 0.705. The van der Waals surface area contributed by atoms with Gasteiger partial charge in [-0.3, -0.25) is 4.79 Å². The van der Waals surface area contributed by atoms with Crippen LogP contribution in [-0.2, 0) is 6.42 Å². The van der Waals surface area contributed by atoms with Gasteiger partial charge in [0, 0.05) is 17.4 Å². The van der Waals surface area contributed by atoms with Crippen LogP contribution in [0.3, 0.4) is 0 Å². The molecule has 1 amide bonds. The van der Waals surface area contributed by atoms with Gasteiger partial charge in [-0.1, -0.05) is 31.2 Å². The molecule has 0 atom stereocenters. The minimum absolute atomic E-state index is 0.257. The summed E-state index contributed by atoms with van der Waals surface area (Å²) in [7, 11) is 0. The normalized spacial score (nSPS) is 10.4. The third kappa shape index (κ3) is 4.45. The molecule has 3 aromatic rings. The smallest absolute Gasteiger partial charge is 0.274 e. The first-order valence-electron chi connectivity index (χ1n) is 8.63. The third-order valence-electron chi connectivity index (χ3n) is 3.98. The van der Waals surface area contributed by atoms with Gasteiger partial charge in [0.2, 0.25) is 0 Å². The van der Waals surface area contributed by atoms with Crippen LogP contribution in [0.4, 0.5) is 17.2 Å². The van der Waals surface area contributed by atoms with Gasteiger partial charge >= 0.3 is 0 Å². The Bertz CT molecular complexity index is 920. The molecule has 0 aliphatic rings. The molecule has 0 saturated carbocycles. The minimum atomic E-state index is -0.257. The summed E-state index contributed by atoms with van der Waals surface area (Å²) in [4.78, 5) is 21.2. The number of nitrogens with one attached hydrogen (secondary N) is 2. The molecule has 0 spiro atoms. The molecule has 2 aromatic carbocycles. The van der Waals surface area contributed by atoms with E-state index in [1.54, 1.807) is 13.0 Å². The molecule has 0 aliphatic carbocycles. The summed E-state index contributed by atoms with van der Waals surface area (Å²) >= 11 is 0. The Morgan fingerprint density at radius 3 is 2.42 bits per heavy atom. The molecular weight excluding hydrogens is 324 g/mol. The number of nitrogens with zero attached hydrogens (tertiary/aromatic N) is 2. The van der Waals surface area contributed by atoms with Gasteiger partial charge in [-0.25, -0.2) is 9.97 Å². The second-order valence-electron chi connectivity index (χ2n) is 6.18.